The number of nitrogens with one attached hydrogen (secondary N) is 1. The zero-order chi connectivity index (χ0) is 18.1. The highest BCUT2D eigenvalue weighted by atomic mass is 35.5. The second-order valence-electron chi connectivity index (χ2n) is 5.69. The van der Waals surface area contributed by atoms with Gasteiger partial charge in [0, 0.05) is 23.3 Å². The van der Waals surface area contributed by atoms with Gasteiger partial charge in [-0.15, -0.1) is 0 Å². The molecule has 0 bridgehead atoms. The molecule has 1 amide bonds. The number of halogens is 1. The van der Waals surface area contributed by atoms with Gasteiger partial charge in [0.25, 0.3) is 11.6 Å². The van der Waals surface area contributed by atoms with Crippen LogP contribution < -0.4 is 10.4 Å². The lowest BCUT2D eigenvalue weighted by molar-refractivity contribution is -0.398. The number of carbonyl (C=O) groups excluding carboxylic acids is 1. The molecular weight excluding hydrogens is 346 g/mol. The van der Waals surface area contributed by atoms with E-state index in [1.165, 1.54) is 11.0 Å². The van der Waals surface area contributed by atoms with Crippen molar-refractivity contribution in [2.75, 3.05) is 11.9 Å². The topological polar surface area (TPSA) is 98.5 Å². The third-order valence-corrected chi connectivity index (χ3v) is 4.26. The first-order valence-electron chi connectivity index (χ1n) is 7.75. The van der Waals surface area contributed by atoms with Crippen LogP contribution in [-0.4, -0.2) is 22.3 Å². The fourth-order valence-corrected chi connectivity index (χ4v) is 3.17. The average molecular weight is 361 g/mol. The van der Waals surface area contributed by atoms with Crippen LogP contribution in [0.3, 0.4) is 0 Å². The molecule has 1 aliphatic rings. The van der Waals surface area contributed by atoms with E-state index in [-0.39, 0.29) is 16.5 Å². The number of hydrogen-bond acceptors (Lipinski definition) is 5. The zero-order valence-electron chi connectivity index (χ0n) is 13.4. The van der Waals surface area contributed by atoms with Gasteiger partial charge in [-0.3, -0.25) is 14.9 Å². The Morgan fingerprint density at radius 3 is 2.72 bits per heavy atom. The minimum atomic E-state index is -0.813. The smallest absolute Gasteiger partial charge is 0.263 e. The normalized spacial score (nSPS) is 16.3. The summed E-state index contributed by atoms with van der Waals surface area (Å²) in [6.45, 7) is 2.30. The minimum Gasteiger partial charge on any atom is -0.868 e. The van der Waals surface area contributed by atoms with Crippen molar-refractivity contribution < 1.29 is 14.8 Å². The van der Waals surface area contributed by atoms with Gasteiger partial charge in [0.15, 0.2) is 0 Å². The monoisotopic (exact) mass is 360 g/mol. The quantitative estimate of drug-likeness (QED) is 0.666. The van der Waals surface area contributed by atoms with E-state index in [4.69, 9.17) is 11.6 Å². The summed E-state index contributed by atoms with van der Waals surface area (Å²) in [5.74, 6) is -0.983. The summed E-state index contributed by atoms with van der Waals surface area (Å²) in [4.78, 5) is 24.7. The number of nitrogens with zero attached hydrogens (tertiary/aromatic N) is 2. The number of para-hydroxylation sites is 1. The molecule has 0 aliphatic carbocycles. The number of anilines is 1. The lowest BCUT2D eigenvalue weighted by atomic mass is 10.0. The van der Waals surface area contributed by atoms with Gasteiger partial charge >= 0.3 is 0 Å². The van der Waals surface area contributed by atoms with Crippen LogP contribution >= 0.6 is 11.6 Å². The largest absolute Gasteiger partial charge is 0.868 e. The van der Waals surface area contributed by atoms with Crippen LogP contribution in [0.1, 0.15) is 35.4 Å². The van der Waals surface area contributed by atoms with Crippen molar-refractivity contribution >= 4 is 28.9 Å². The summed E-state index contributed by atoms with van der Waals surface area (Å²) in [6.07, 6.45) is -0.143. The molecule has 0 fully saturated rings. The SMILES string of the molecule is CCCN1C(=O)c2ccccc2N[C@H]1c1cc(Cl)cc([N+](=O)[O-])c1[O-]. The van der Waals surface area contributed by atoms with Crippen molar-refractivity contribution in [2.45, 2.75) is 19.5 Å². The van der Waals surface area contributed by atoms with E-state index >= 15 is 0 Å². The first kappa shape index (κ1) is 17.0. The number of nitro benzene ring substituents is 1. The van der Waals surface area contributed by atoms with Crippen molar-refractivity contribution in [3.8, 4) is 5.75 Å². The van der Waals surface area contributed by atoms with Gasteiger partial charge in [0.05, 0.1) is 10.5 Å². The Morgan fingerprint density at radius 2 is 2.04 bits per heavy atom. The Balaban J connectivity index is 2.15. The van der Waals surface area contributed by atoms with E-state index in [1.807, 2.05) is 6.92 Å². The predicted octanol–water partition coefficient (Wildman–Crippen LogP) is 3.30. The Kier molecular flexibility index (Phi) is 4.50. The molecule has 2 aromatic carbocycles. The van der Waals surface area contributed by atoms with Crippen LogP contribution in [0.25, 0.3) is 0 Å². The van der Waals surface area contributed by atoms with Crippen molar-refractivity contribution in [2.24, 2.45) is 0 Å². The van der Waals surface area contributed by atoms with Crippen LogP contribution in [0.5, 0.6) is 5.75 Å². The lowest BCUT2D eigenvalue weighted by Crippen LogP contribution is -2.43. The molecule has 0 radical (unpaired) electrons. The molecule has 0 unspecified atom stereocenters. The van der Waals surface area contributed by atoms with E-state index in [0.717, 1.165) is 6.07 Å². The van der Waals surface area contributed by atoms with Crippen LogP contribution in [0.15, 0.2) is 36.4 Å². The van der Waals surface area contributed by atoms with Gasteiger partial charge in [-0.1, -0.05) is 30.7 Å². The molecule has 130 valence electrons. The second kappa shape index (κ2) is 6.60. The molecule has 7 nitrogen and oxygen atoms in total. The molecule has 0 saturated heterocycles. The molecule has 8 heteroatoms. The second-order valence-corrected chi connectivity index (χ2v) is 6.13. The van der Waals surface area contributed by atoms with Gasteiger partial charge in [-0.05, 0) is 35.9 Å². The maximum atomic E-state index is 12.8. The van der Waals surface area contributed by atoms with Crippen molar-refractivity contribution in [1.82, 2.24) is 4.90 Å². The Morgan fingerprint density at radius 1 is 1.32 bits per heavy atom. The Bertz CT molecular complexity index is 856. The predicted molar refractivity (Wildman–Crippen MR) is 91.7 cm³/mol. The first-order chi connectivity index (χ1) is 11.9. The molecule has 3 rings (SSSR count). The van der Waals surface area contributed by atoms with Crippen LogP contribution in [0, 0.1) is 10.1 Å². The minimum absolute atomic E-state index is 0.0749. The molecule has 2 aromatic rings. The molecule has 25 heavy (non-hydrogen) atoms. The summed E-state index contributed by atoms with van der Waals surface area (Å²) < 4.78 is 0. The molecule has 0 saturated carbocycles. The number of hydrogen-bond donors (Lipinski definition) is 1. The fourth-order valence-electron chi connectivity index (χ4n) is 2.95. The molecule has 1 heterocycles. The van der Waals surface area contributed by atoms with Gasteiger partial charge in [-0.2, -0.15) is 0 Å². The Labute approximate surface area is 149 Å². The molecular formula is C17H15ClN3O4-. The van der Waals surface area contributed by atoms with Gasteiger partial charge in [-0.25, -0.2) is 0 Å². The van der Waals surface area contributed by atoms with Gasteiger partial charge in [0.2, 0.25) is 0 Å². The highest BCUT2D eigenvalue weighted by Crippen LogP contribution is 2.40. The number of fused-ring (bicyclic) bond motifs is 1. The van der Waals surface area contributed by atoms with Crippen LogP contribution in [0.2, 0.25) is 5.02 Å². The third-order valence-electron chi connectivity index (χ3n) is 4.04. The average Bonchev–Trinajstić information content (AvgIpc) is 2.59. The number of amides is 1. The standard InChI is InChI=1S/C17H16ClN3O4/c1-2-7-20-16(19-13-6-4-3-5-11(13)17(20)23)12-8-10(18)9-14(15(12)22)21(24)25/h3-6,8-9,16,19,22H,2,7H2,1H3/p-1/t16-/m1/s1. The molecule has 0 spiro atoms. The van der Waals surface area contributed by atoms with Gasteiger partial charge in [0.1, 0.15) is 6.17 Å². The maximum absolute atomic E-state index is 12.8. The first-order valence-corrected chi connectivity index (χ1v) is 8.13. The van der Waals surface area contributed by atoms with E-state index in [2.05, 4.69) is 5.32 Å². The highest BCUT2D eigenvalue weighted by Gasteiger charge is 2.33. The number of nitro groups is 1. The Hall–Kier alpha value is -2.80. The third kappa shape index (κ3) is 2.98. The molecule has 0 aromatic heterocycles. The van der Waals surface area contributed by atoms with Crippen molar-refractivity contribution in [3.63, 3.8) is 0 Å². The molecule has 1 atom stereocenters. The van der Waals surface area contributed by atoms with E-state index in [1.54, 1.807) is 24.3 Å². The summed E-state index contributed by atoms with van der Waals surface area (Å²) in [7, 11) is 0. The lowest BCUT2D eigenvalue weighted by Gasteiger charge is -2.39. The summed E-state index contributed by atoms with van der Waals surface area (Å²) in [6, 6.07) is 9.35. The number of benzene rings is 2. The van der Waals surface area contributed by atoms with E-state index in [9.17, 15) is 20.0 Å². The number of rotatable bonds is 4. The van der Waals surface area contributed by atoms with E-state index in [0.29, 0.717) is 24.2 Å². The van der Waals surface area contributed by atoms with Gasteiger partial charge < -0.3 is 15.3 Å². The van der Waals surface area contributed by atoms with Crippen molar-refractivity contribution in [1.29, 1.82) is 0 Å². The number of carbonyl (C=O) groups is 1. The molecule has 1 aliphatic heterocycles. The van der Waals surface area contributed by atoms with Crippen LogP contribution in [0.4, 0.5) is 11.4 Å². The fraction of sp³-hybridized carbons (Fsp3) is 0.235. The maximum Gasteiger partial charge on any atom is 0.263 e. The van der Waals surface area contributed by atoms with E-state index < -0.39 is 22.5 Å². The molecule has 1 N–H and O–H groups in total. The summed E-state index contributed by atoms with van der Waals surface area (Å²) in [5, 5.41) is 26.9. The summed E-state index contributed by atoms with van der Waals surface area (Å²) >= 11 is 5.97. The highest BCUT2D eigenvalue weighted by molar-refractivity contribution is 6.31. The van der Waals surface area contributed by atoms with Crippen molar-refractivity contribution in [3.05, 3.63) is 62.7 Å². The van der Waals surface area contributed by atoms with Crippen LogP contribution in [-0.2, 0) is 0 Å². The summed E-state index contributed by atoms with van der Waals surface area (Å²) in [5.41, 5.74) is 0.547. The zero-order valence-corrected chi connectivity index (χ0v) is 14.1.